The Labute approximate surface area is 112 Å². The predicted octanol–water partition coefficient (Wildman–Crippen LogP) is 2.05. The molecule has 1 atom stereocenters. The zero-order valence-corrected chi connectivity index (χ0v) is 11.1. The first-order valence-electron chi connectivity index (χ1n) is 5.53. The highest BCUT2D eigenvalue weighted by atomic mass is 79.9. The van der Waals surface area contributed by atoms with E-state index in [1.165, 1.54) is 6.07 Å². The van der Waals surface area contributed by atoms with Crippen LogP contribution >= 0.6 is 15.9 Å². The lowest BCUT2D eigenvalue weighted by atomic mass is 10.2. The summed E-state index contributed by atoms with van der Waals surface area (Å²) in [6.07, 6.45) is 1.28. The number of hydrogen-bond acceptors (Lipinski definition) is 4. The average Bonchev–Trinajstić information content (AvgIpc) is 2.73. The van der Waals surface area contributed by atoms with Crippen LogP contribution in [0.2, 0.25) is 0 Å². The second-order valence-electron chi connectivity index (χ2n) is 4.10. The zero-order chi connectivity index (χ0) is 13.1. The first kappa shape index (κ1) is 12.8. The first-order chi connectivity index (χ1) is 8.56. The van der Waals surface area contributed by atoms with Gasteiger partial charge in [0, 0.05) is 29.5 Å². The molecular formula is C11H12BrN3O3. The number of carbonyl (C=O) groups excluding carboxylic acids is 1. The number of anilines is 1. The SMILES string of the molecule is O=C1CCC(CNc2ccc(Br)cc2[N+](=O)[O-])N1. The summed E-state index contributed by atoms with van der Waals surface area (Å²) >= 11 is 3.20. The number of nitro benzene ring substituents is 1. The molecule has 0 radical (unpaired) electrons. The number of benzene rings is 1. The van der Waals surface area contributed by atoms with Crippen LogP contribution in [0.1, 0.15) is 12.8 Å². The third-order valence-corrected chi connectivity index (χ3v) is 3.27. The second-order valence-corrected chi connectivity index (χ2v) is 5.02. The lowest BCUT2D eigenvalue weighted by molar-refractivity contribution is -0.384. The van der Waals surface area contributed by atoms with Gasteiger partial charge in [-0.15, -0.1) is 0 Å². The summed E-state index contributed by atoms with van der Waals surface area (Å²) in [5.41, 5.74) is 0.484. The van der Waals surface area contributed by atoms with Crippen LogP contribution in [0.5, 0.6) is 0 Å². The zero-order valence-electron chi connectivity index (χ0n) is 9.48. The van der Waals surface area contributed by atoms with Gasteiger partial charge >= 0.3 is 0 Å². The molecule has 2 N–H and O–H groups in total. The van der Waals surface area contributed by atoms with Gasteiger partial charge in [-0.25, -0.2) is 0 Å². The minimum Gasteiger partial charge on any atom is -0.377 e. The standard InChI is InChI=1S/C11H12BrN3O3/c12-7-1-3-9(10(5-7)15(17)18)13-6-8-2-4-11(16)14-8/h1,3,5,8,13H,2,4,6H2,(H,14,16). The summed E-state index contributed by atoms with van der Waals surface area (Å²) < 4.78 is 0.661. The summed E-state index contributed by atoms with van der Waals surface area (Å²) in [7, 11) is 0. The molecule has 1 fully saturated rings. The first-order valence-corrected chi connectivity index (χ1v) is 6.33. The largest absolute Gasteiger partial charge is 0.377 e. The maximum Gasteiger partial charge on any atom is 0.293 e. The fourth-order valence-electron chi connectivity index (χ4n) is 1.87. The summed E-state index contributed by atoms with van der Waals surface area (Å²) in [4.78, 5) is 21.5. The smallest absolute Gasteiger partial charge is 0.293 e. The molecule has 18 heavy (non-hydrogen) atoms. The van der Waals surface area contributed by atoms with Gasteiger partial charge in [0.1, 0.15) is 5.69 Å². The van der Waals surface area contributed by atoms with Crippen molar-refractivity contribution in [2.24, 2.45) is 0 Å². The van der Waals surface area contributed by atoms with E-state index in [1.807, 2.05) is 0 Å². The van der Waals surface area contributed by atoms with Crippen molar-refractivity contribution in [2.45, 2.75) is 18.9 Å². The fraction of sp³-hybridized carbons (Fsp3) is 0.364. The highest BCUT2D eigenvalue weighted by Gasteiger charge is 2.21. The Balaban J connectivity index is 2.04. The van der Waals surface area contributed by atoms with Crippen LogP contribution in [0.4, 0.5) is 11.4 Å². The highest BCUT2D eigenvalue weighted by Crippen LogP contribution is 2.28. The lowest BCUT2D eigenvalue weighted by Crippen LogP contribution is -2.31. The second kappa shape index (κ2) is 5.34. The number of nitrogens with zero attached hydrogens (tertiary/aromatic N) is 1. The van der Waals surface area contributed by atoms with E-state index in [2.05, 4.69) is 26.6 Å². The van der Waals surface area contributed by atoms with Crippen molar-refractivity contribution < 1.29 is 9.72 Å². The molecule has 1 aromatic rings. The van der Waals surface area contributed by atoms with Crippen molar-refractivity contribution >= 4 is 33.2 Å². The van der Waals surface area contributed by atoms with Gasteiger partial charge < -0.3 is 10.6 Å². The number of amides is 1. The van der Waals surface area contributed by atoms with E-state index in [0.29, 0.717) is 23.1 Å². The molecule has 2 rings (SSSR count). The maximum atomic E-state index is 11.0. The summed E-state index contributed by atoms with van der Waals surface area (Å²) in [5, 5.41) is 16.7. The van der Waals surface area contributed by atoms with E-state index >= 15 is 0 Å². The Morgan fingerprint density at radius 1 is 1.56 bits per heavy atom. The molecule has 1 aliphatic heterocycles. The molecule has 0 aromatic heterocycles. The molecule has 96 valence electrons. The van der Waals surface area contributed by atoms with Crippen molar-refractivity contribution in [1.29, 1.82) is 0 Å². The number of halogens is 1. The molecule has 0 spiro atoms. The average molecular weight is 314 g/mol. The van der Waals surface area contributed by atoms with E-state index in [0.717, 1.165) is 6.42 Å². The van der Waals surface area contributed by atoms with Crippen LogP contribution in [-0.4, -0.2) is 23.4 Å². The van der Waals surface area contributed by atoms with Crippen molar-refractivity contribution in [3.8, 4) is 0 Å². The van der Waals surface area contributed by atoms with Crippen molar-refractivity contribution in [2.75, 3.05) is 11.9 Å². The van der Waals surface area contributed by atoms with Crippen LogP contribution in [0.25, 0.3) is 0 Å². The molecule has 1 unspecified atom stereocenters. The normalized spacial score (nSPS) is 18.5. The Kier molecular flexibility index (Phi) is 3.81. The number of hydrogen-bond donors (Lipinski definition) is 2. The van der Waals surface area contributed by atoms with Crippen LogP contribution in [-0.2, 0) is 4.79 Å². The molecule has 0 saturated carbocycles. The number of nitro groups is 1. The molecule has 1 aliphatic rings. The van der Waals surface area contributed by atoms with Crippen LogP contribution in [0.3, 0.4) is 0 Å². The molecule has 0 aliphatic carbocycles. The summed E-state index contributed by atoms with van der Waals surface area (Å²) in [6.45, 7) is 0.494. The van der Waals surface area contributed by atoms with E-state index in [9.17, 15) is 14.9 Å². The Hall–Kier alpha value is -1.63. The monoisotopic (exact) mass is 313 g/mol. The van der Waals surface area contributed by atoms with Gasteiger partial charge in [0.05, 0.1) is 4.92 Å². The van der Waals surface area contributed by atoms with Gasteiger partial charge in [-0.1, -0.05) is 15.9 Å². The summed E-state index contributed by atoms with van der Waals surface area (Å²) in [6, 6.07) is 4.89. The molecule has 7 heteroatoms. The quantitative estimate of drug-likeness (QED) is 0.658. The molecular weight excluding hydrogens is 302 g/mol. The number of rotatable bonds is 4. The highest BCUT2D eigenvalue weighted by molar-refractivity contribution is 9.10. The molecule has 0 bridgehead atoms. The Morgan fingerprint density at radius 3 is 2.94 bits per heavy atom. The van der Waals surface area contributed by atoms with Gasteiger partial charge in [-0.3, -0.25) is 14.9 Å². The van der Waals surface area contributed by atoms with E-state index in [-0.39, 0.29) is 17.6 Å². The fourth-order valence-corrected chi connectivity index (χ4v) is 2.22. The van der Waals surface area contributed by atoms with Crippen LogP contribution in [0, 0.1) is 10.1 Å². The molecule has 1 amide bonds. The van der Waals surface area contributed by atoms with E-state index in [1.54, 1.807) is 12.1 Å². The van der Waals surface area contributed by atoms with Crippen LogP contribution < -0.4 is 10.6 Å². The van der Waals surface area contributed by atoms with Gasteiger partial charge in [0.25, 0.3) is 5.69 Å². The maximum absolute atomic E-state index is 11.0. The minimum atomic E-state index is -0.430. The Bertz CT molecular complexity index is 492. The van der Waals surface area contributed by atoms with Crippen LogP contribution in [0.15, 0.2) is 22.7 Å². The van der Waals surface area contributed by atoms with Gasteiger partial charge in [-0.2, -0.15) is 0 Å². The molecule has 6 nitrogen and oxygen atoms in total. The van der Waals surface area contributed by atoms with Crippen molar-refractivity contribution in [3.05, 3.63) is 32.8 Å². The van der Waals surface area contributed by atoms with Gasteiger partial charge in [-0.05, 0) is 18.6 Å². The number of carbonyl (C=O) groups is 1. The molecule has 1 aromatic carbocycles. The third-order valence-electron chi connectivity index (χ3n) is 2.78. The Morgan fingerprint density at radius 2 is 2.33 bits per heavy atom. The van der Waals surface area contributed by atoms with Crippen molar-refractivity contribution in [1.82, 2.24) is 5.32 Å². The summed E-state index contributed by atoms with van der Waals surface area (Å²) in [5.74, 6) is 0.0344. The van der Waals surface area contributed by atoms with Gasteiger partial charge in [0.2, 0.25) is 5.91 Å². The van der Waals surface area contributed by atoms with Gasteiger partial charge in [0.15, 0.2) is 0 Å². The lowest BCUT2D eigenvalue weighted by Gasteiger charge is -2.12. The number of nitrogens with one attached hydrogen (secondary N) is 2. The van der Waals surface area contributed by atoms with E-state index in [4.69, 9.17) is 0 Å². The minimum absolute atomic E-state index is 0.0219. The van der Waals surface area contributed by atoms with Crippen molar-refractivity contribution in [3.63, 3.8) is 0 Å². The predicted molar refractivity (Wildman–Crippen MR) is 70.5 cm³/mol. The molecule has 1 heterocycles. The molecule has 1 saturated heterocycles. The topological polar surface area (TPSA) is 84.3 Å². The third kappa shape index (κ3) is 2.98. The van der Waals surface area contributed by atoms with E-state index < -0.39 is 4.92 Å².